The third-order valence-corrected chi connectivity index (χ3v) is 3.46. The maximum Gasteiger partial charge on any atom is 0.336 e. The summed E-state index contributed by atoms with van der Waals surface area (Å²) in [4.78, 5) is 11.1. The van der Waals surface area contributed by atoms with Crippen molar-refractivity contribution in [2.75, 3.05) is 0 Å². The Hall–Kier alpha value is -1.88. The van der Waals surface area contributed by atoms with Crippen LogP contribution in [0, 0.1) is 19.7 Å². The second kappa shape index (κ2) is 5.01. The predicted octanol–water partition coefficient (Wildman–Crippen LogP) is 3.04. The normalized spacial score (nSPS) is 10.7. The molecule has 0 atom stereocenters. The van der Waals surface area contributed by atoms with Crippen LogP contribution in [0.15, 0.2) is 18.2 Å². The van der Waals surface area contributed by atoms with Crippen LogP contribution in [0.2, 0.25) is 5.02 Å². The van der Waals surface area contributed by atoms with Gasteiger partial charge in [-0.1, -0.05) is 17.7 Å². The highest BCUT2D eigenvalue weighted by Gasteiger charge is 2.15. The van der Waals surface area contributed by atoms with Crippen molar-refractivity contribution >= 4 is 17.6 Å². The van der Waals surface area contributed by atoms with E-state index in [-0.39, 0.29) is 12.1 Å². The molecule has 0 radical (unpaired) electrons. The molecule has 0 amide bonds. The Bertz CT molecular complexity index is 652. The van der Waals surface area contributed by atoms with Crippen molar-refractivity contribution in [2.24, 2.45) is 0 Å². The molecule has 0 aliphatic heterocycles. The third kappa shape index (κ3) is 2.61. The summed E-state index contributed by atoms with van der Waals surface area (Å²) in [5, 5.41) is 13.9. The first-order chi connectivity index (χ1) is 8.90. The van der Waals surface area contributed by atoms with E-state index in [2.05, 4.69) is 5.10 Å². The van der Waals surface area contributed by atoms with Crippen molar-refractivity contribution < 1.29 is 14.3 Å². The fraction of sp³-hybridized carbons (Fsp3) is 0.231. The summed E-state index contributed by atoms with van der Waals surface area (Å²) in [5.74, 6) is -1.74. The van der Waals surface area contributed by atoms with Crippen LogP contribution in [-0.2, 0) is 6.54 Å². The smallest absolute Gasteiger partial charge is 0.336 e. The van der Waals surface area contributed by atoms with Gasteiger partial charge in [-0.3, -0.25) is 4.68 Å². The molecule has 6 heteroatoms. The van der Waals surface area contributed by atoms with Crippen molar-refractivity contribution in [1.82, 2.24) is 9.78 Å². The van der Waals surface area contributed by atoms with E-state index in [9.17, 15) is 9.18 Å². The zero-order valence-electron chi connectivity index (χ0n) is 10.4. The summed E-state index contributed by atoms with van der Waals surface area (Å²) in [6.07, 6.45) is 0. The van der Waals surface area contributed by atoms with Crippen LogP contribution in [0.1, 0.15) is 27.3 Å². The molecule has 0 unspecified atom stereocenters. The number of aromatic carboxylic acids is 1. The van der Waals surface area contributed by atoms with Gasteiger partial charge in [-0.05, 0) is 31.5 Å². The Labute approximate surface area is 114 Å². The molecule has 0 saturated carbocycles. The van der Waals surface area contributed by atoms with Crippen LogP contribution in [-0.4, -0.2) is 20.9 Å². The molecule has 1 N–H and O–H groups in total. The minimum Gasteiger partial charge on any atom is -0.478 e. The molecular weight excluding hydrogens is 271 g/mol. The predicted molar refractivity (Wildman–Crippen MR) is 69.2 cm³/mol. The number of halogens is 2. The first-order valence-electron chi connectivity index (χ1n) is 5.61. The fourth-order valence-corrected chi connectivity index (χ4v) is 2.01. The van der Waals surface area contributed by atoms with Crippen molar-refractivity contribution in [1.29, 1.82) is 0 Å². The van der Waals surface area contributed by atoms with Crippen LogP contribution in [0.3, 0.4) is 0 Å². The van der Waals surface area contributed by atoms with E-state index in [0.29, 0.717) is 16.3 Å². The number of hydrogen-bond acceptors (Lipinski definition) is 2. The number of aryl methyl sites for hydroxylation is 1. The van der Waals surface area contributed by atoms with E-state index in [0.717, 1.165) is 11.8 Å². The molecule has 0 aliphatic carbocycles. The molecule has 2 aromatic rings. The Kier molecular flexibility index (Phi) is 3.57. The number of hydrogen-bond donors (Lipinski definition) is 1. The van der Waals surface area contributed by atoms with Crippen LogP contribution in [0.5, 0.6) is 0 Å². The molecule has 2 rings (SSSR count). The van der Waals surface area contributed by atoms with Gasteiger partial charge in [0, 0.05) is 0 Å². The van der Waals surface area contributed by atoms with E-state index in [1.807, 2.05) is 0 Å². The Morgan fingerprint density at radius 1 is 1.47 bits per heavy atom. The summed E-state index contributed by atoms with van der Waals surface area (Å²) < 4.78 is 14.7. The number of carboxylic acids is 1. The average molecular weight is 283 g/mol. The van der Waals surface area contributed by atoms with Gasteiger partial charge < -0.3 is 5.11 Å². The number of carboxylic acid groups (broad SMARTS) is 1. The van der Waals surface area contributed by atoms with E-state index >= 15 is 0 Å². The Morgan fingerprint density at radius 3 is 2.68 bits per heavy atom. The molecule has 0 spiro atoms. The average Bonchev–Trinajstić information content (AvgIpc) is 2.59. The van der Waals surface area contributed by atoms with Gasteiger partial charge in [0.05, 0.1) is 28.5 Å². The van der Waals surface area contributed by atoms with Crippen LogP contribution in [0.25, 0.3) is 0 Å². The molecule has 0 saturated heterocycles. The van der Waals surface area contributed by atoms with Gasteiger partial charge in [0.1, 0.15) is 5.82 Å². The van der Waals surface area contributed by atoms with Crippen LogP contribution in [0.4, 0.5) is 4.39 Å². The summed E-state index contributed by atoms with van der Waals surface area (Å²) in [6.45, 7) is 3.81. The van der Waals surface area contributed by atoms with Gasteiger partial charge in [0.2, 0.25) is 0 Å². The van der Waals surface area contributed by atoms with E-state index in [1.54, 1.807) is 18.5 Å². The number of carbonyl (C=O) groups is 1. The number of aromatic nitrogens is 2. The second-order valence-electron chi connectivity index (χ2n) is 4.25. The molecule has 0 aliphatic rings. The zero-order valence-corrected chi connectivity index (χ0v) is 11.2. The summed E-state index contributed by atoms with van der Waals surface area (Å²) in [6, 6.07) is 3.68. The summed E-state index contributed by atoms with van der Waals surface area (Å²) >= 11 is 6.03. The summed E-state index contributed by atoms with van der Waals surface area (Å²) in [5.41, 5.74) is 1.85. The first kappa shape index (κ1) is 13.5. The lowest BCUT2D eigenvalue weighted by atomic mass is 10.1. The molecule has 1 heterocycles. The molecule has 0 bridgehead atoms. The monoisotopic (exact) mass is 282 g/mol. The van der Waals surface area contributed by atoms with Gasteiger partial charge in [-0.2, -0.15) is 5.10 Å². The standard InChI is InChI=1S/C13H12ClFN2O2/c1-7-12(14)8(2)17(16-7)6-9-3-4-10(15)5-11(9)13(18)19/h3-5H,6H2,1-2H3,(H,18,19). The minimum absolute atomic E-state index is 0.0660. The van der Waals surface area contributed by atoms with Crippen molar-refractivity contribution in [2.45, 2.75) is 20.4 Å². The lowest BCUT2D eigenvalue weighted by Gasteiger charge is -2.08. The fourth-order valence-electron chi connectivity index (χ4n) is 1.88. The first-order valence-corrected chi connectivity index (χ1v) is 5.99. The third-order valence-electron chi connectivity index (χ3n) is 2.92. The molecule has 1 aromatic heterocycles. The molecule has 4 nitrogen and oxygen atoms in total. The highest BCUT2D eigenvalue weighted by Crippen LogP contribution is 2.21. The van der Waals surface area contributed by atoms with Crippen LogP contribution < -0.4 is 0 Å². The van der Waals surface area contributed by atoms with Gasteiger partial charge in [0.15, 0.2) is 0 Å². The molecular formula is C13H12ClFN2O2. The number of benzene rings is 1. The van der Waals surface area contributed by atoms with Crippen molar-refractivity contribution in [3.05, 3.63) is 51.6 Å². The highest BCUT2D eigenvalue weighted by molar-refractivity contribution is 6.31. The molecule has 1 aromatic carbocycles. The zero-order chi connectivity index (χ0) is 14.2. The highest BCUT2D eigenvalue weighted by atomic mass is 35.5. The van der Waals surface area contributed by atoms with Gasteiger partial charge in [0.25, 0.3) is 0 Å². The second-order valence-corrected chi connectivity index (χ2v) is 4.63. The lowest BCUT2D eigenvalue weighted by Crippen LogP contribution is -2.10. The lowest BCUT2D eigenvalue weighted by molar-refractivity contribution is 0.0695. The topological polar surface area (TPSA) is 55.1 Å². The largest absolute Gasteiger partial charge is 0.478 e. The SMILES string of the molecule is Cc1nn(Cc2ccc(F)cc2C(=O)O)c(C)c1Cl. The maximum absolute atomic E-state index is 13.1. The van der Waals surface area contributed by atoms with Gasteiger partial charge in [-0.25, -0.2) is 9.18 Å². The maximum atomic E-state index is 13.1. The molecule has 0 fully saturated rings. The summed E-state index contributed by atoms with van der Waals surface area (Å²) in [7, 11) is 0. The van der Waals surface area contributed by atoms with Crippen molar-refractivity contribution in [3.63, 3.8) is 0 Å². The Morgan fingerprint density at radius 2 is 2.16 bits per heavy atom. The molecule has 100 valence electrons. The number of nitrogens with zero attached hydrogens (tertiary/aromatic N) is 2. The van der Waals surface area contributed by atoms with E-state index in [1.165, 1.54) is 12.1 Å². The quantitative estimate of drug-likeness (QED) is 0.941. The van der Waals surface area contributed by atoms with Crippen LogP contribution >= 0.6 is 11.6 Å². The minimum atomic E-state index is -1.16. The van der Waals surface area contributed by atoms with Gasteiger partial charge in [-0.15, -0.1) is 0 Å². The van der Waals surface area contributed by atoms with Crippen molar-refractivity contribution in [3.8, 4) is 0 Å². The Balaban J connectivity index is 2.43. The van der Waals surface area contributed by atoms with E-state index < -0.39 is 11.8 Å². The number of rotatable bonds is 3. The molecule has 19 heavy (non-hydrogen) atoms. The van der Waals surface area contributed by atoms with E-state index in [4.69, 9.17) is 16.7 Å². The van der Waals surface area contributed by atoms with Gasteiger partial charge >= 0.3 is 5.97 Å².